The maximum atomic E-state index is 6.01. The van der Waals surface area contributed by atoms with Crippen molar-refractivity contribution in [1.29, 1.82) is 0 Å². The molecule has 3 unspecified atom stereocenters. The Morgan fingerprint density at radius 3 is 2.59 bits per heavy atom. The first-order chi connectivity index (χ1) is 8.22. The first-order valence-electron chi connectivity index (χ1n) is 7.67. The van der Waals surface area contributed by atoms with E-state index in [4.69, 9.17) is 5.73 Å². The number of nitrogens with zero attached hydrogens (tertiary/aromatic N) is 1. The summed E-state index contributed by atoms with van der Waals surface area (Å²) in [6, 6.07) is 0.616. The first-order valence-corrected chi connectivity index (χ1v) is 7.67. The molecule has 1 rings (SSSR count). The Morgan fingerprint density at radius 2 is 2.00 bits per heavy atom. The molecular weight excluding hydrogens is 208 g/mol. The summed E-state index contributed by atoms with van der Waals surface area (Å²) in [7, 11) is 0. The Labute approximate surface area is 108 Å². The van der Waals surface area contributed by atoms with Crippen molar-refractivity contribution in [3.8, 4) is 0 Å². The van der Waals surface area contributed by atoms with Crippen molar-refractivity contribution < 1.29 is 0 Å². The van der Waals surface area contributed by atoms with Crippen LogP contribution in [0.2, 0.25) is 0 Å². The van der Waals surface area contributed by atoms with Gasteiger partial charge in [0.25, 0.3) is 0 Å². The van der Waals surface area contributed by atoms with Crippen molar-refractivity contribution in [2.45, 2.75) is 65.3 Å². The van der Waals surface area contributed by atoms with E-state index in [1.807, 2.05) is 0 Å². The van der Waals surface area contributed by atoms with Gasteiger partial charge < -0.3 is 5.73 Å². The van der Waals surface area contributed by atoms with Crippen molar-refractivity contribution in [3.05, 3.63) is 0 Å². The zero-order valence-corrected chi connectivity index (χ0v) is 12.1. The highest BCUT2D eigenvalue weighted by atomic mass is 15.2. The van der Waals surface area contributed by atoms with Gasteiger partial charge in [0.05, 0.1) is 0 Å². The van der Waals surface area contributed by atoms with E-state index in [1.165, 1.54) is 51.6 Å². The summed E-state index contributed by atoms with van der Waals surface area (Å²) < 4.78 is 0. The molecule has 1 saturated heterocycles. The van der Waals surface area contributed by atoms with E-state index in [1.54, 1.807) is 0 Å². The van der Waals surface area contributed by atoms with Gasteiger partial charge in [0, 0.05) is 12.6 Å². The second-order valence-corrected chi connectivity index (χ2v) is 5.81. The molecule has 0 saturated carbocycles. The van der Waals surface area contributed by atoms with Crippen molar-refractivity contribution >= 4 is 0 Å². The minimum absolute atomic E-state index is 0.616. The molecule has 0 amide bonds. The molecule has 1 heterocycles. The van der Waals surface area contributed by atoms with Crippen LogP contribution >= 0.6 is 0 Å². The lowest BCUT2D eigenvalue weighted by molar-refractivity contribution is 0.150. The zero-order chi connectivity index (χ0) is 12.7. The van der Waals surface area contributed by atoms with Crippen LogP contribution in [0.3, 0.4) is 0 Å². The maximum Gasteiger partial charge on any atom is 0.0243 e. The minimum Gasteiger partial charge on any atom is -0.329 e. The third-order valence-electron chi connectivity index (χ3n) is 4.57. The van der Waals surface area contributed by atoms with Crippen LogP contribution in [0.4, 0.5) is 0 Å². The van der Waals surface area contributed by atoms with Gasteiger partial charge in [0.15, 0.2) is 0 Å². The number of hydrogen-bond acceptors (Lipinski definition) is 2. The van der Waals surface area contributed by atoms with Crippen LogP contribution in [0.25, 0.3) is 0 Å². The van der Waals surface area contributed by atoms with Gasteiger partial charge >= 0.3 is 0 Å². The average molecular weight is 240 g/mol. The Morgan fingerprint density at radius 1 is 1.24 bits per heavy atom. The molecule has 1 aliphatic rings. The number of rotatable bonds is 6. The van der Waals surface area contributed by atoms with Crippen molar-refractivity contribution in [2.24, 2.45) is 17.6 Å². The third kappa shape index (κ3) is 4.59. The van der Waals surface area contributed by atoms with E-state index in [2.05, 4.69) is 25.7 Å². The van der Waals surface area contributed by atoms with Crippen LogP contribution < -0.4 is 5.73 Å². The fourth-order valence-electron chi connectivity index (χ4n) is 3.32. The minimum atomic E-state index is 0.616. The fourth-order valence-corrected chi connectivity index (χ4v) is 3.32. The van der Waals surface area contributed by atoms with Gasteiger partial charge in [0.1, 0.15) is 0 Å². The van der Waals surface area contributed by atoms with Gasteiger partial charge in [-0.15, -0.1) is 0 Å². The lowest BCUT2D eigenvalue weighted by atomic mass is 9.95. The van der Waals surface area contributed by atoms with Crippen molar-refractivity contribution in [1.82, 2.24) is 4.90 Å². The molecular formula is C15H32N2. The van der Waals surface area contributed by atoms with Crippen LogP contribution in [-0.4, -0.2) is 30.6 Å². The van der Waals surface area contributed by atoms with Gasteiger partial charge in [-0.1, -0.05) is 33.6 Å². The number of nitrogens with two attached hydrogens (primary N) is 1. The van der Waals surface area contributed by atoms with Crippen LogP contribution in [0, 0.1) is 11.8 Å². The zero-order valence-electron chi connectivity index (χ0n) is 12.1. The molecule has 2 nitrogen and oxygen atoms in total. The quantitative estimate of drug-likeness (QED) is 0.772. The summed E-state index contributed by atoms with van der Waals surface area (Å²) in [5.41, 5.74) is 6.01. The van der Waals surface area contributed by atoms with Crippen LogP contribution in [-0.2, 0) is 0 Å². The molecule has 3 atom stereocenters. The highest BCUT2D eigenvalue weighted by Crippen LogP contribution is 2.24. The SMILES string of the molecule is CCCC(C)C(CN)N1CCCC(CC)CC1. The van der Waals surface area contributed by atoms with Gasteiger partial charge in [-0.05, 0) is 50.6 Å². The highest BCUT2D eigenvalue weighted by molar-refractivity contribution is 4.80. The van der Waals surface area contributed by atoms with Gasteiger partial charge in [-0.3, -0.25) is 4.90 Å². The topological polar surface area (TPSA) is 29.3 Å². The second kappa shape index (κ2) is 8.10. The van der Waals surface area contributed by atoms with Crippen LogP contribution in [0.5, 0.6) is 0 Å². The summed E-state index contributed by atoms with van der Waals surface area (Å²) >= 11 is 0. The predicted octanol–water partition coefficient (Wildman–Crippen LogP) is 3.26. The molecule has 1 aliphatic heterocycles. The van der Waals surface area contributed by atoms with E-state index in [0.717, 1.165) is 18.4 Å². The van der Waals surface area contributed by atoms with E-state index in [9.17, 15) is 0 Å². The Balaban J connectivity index is 2.50. The first kappa shape index (κ1) is 15.0. The molecule has 0 aromatic heterocycles. The maximum absolute atomic E-state index is 6.01. The Kier molecular flexibility index (Phi) is 7.14. The van der Waals surface area contributed by atoms with E-state index in [0.29, 0.717) is 6.04 Å². The molecule has 0 aromatic carbocycles. The average Bonchev–Trinajstić information content (AvgIpc) is 2.56. The molecule has 1 fully saturated rings. The molecule has 0 spiro atoms. The molecule has 0 bridgehead atoms. The molecule has 0 radical (unpaired) electrons. The van der Waals surface area contributed by atoms with E-state index < -0.39 is 0 Å². The van der Waals surface area contributed by atoms with Crippen LogP contribution in [0.1, 0.15) is 59.3 Å². The largest absolute Gasteiger partial charge is 0.329 e. The summed E-state index contributed by atoms with van der Waals surface area (Å²) in [5.74, 6) is 1.71. The van der Waals surface area contributed by atoms with Gasteiger partial charge in [-0.25, -0.2) is 0 Å². The Bertz CT molecular complexity index is 193. The summed E-state index contributed by atoms with van der Waals surface area (Å²) in [6.07, 6.45) is 8.12. The van der Waals surface area contributed by atoms with Gasteiger partial charge in [-0.2, -0.15) is 0 Å². The van der Waals surface area contributed by atoms with Crippen molar-refractivity contribution in [2.75, 3.05) is 19.6 Å². The van der Waals surface area contributed by atoms with E-state index >= 15 is 0 Å². The standard InChI is InChI=1S/C15H32N2/c1-4-7-13(3)15(12-16)17-10-6-8-14(5-2)9-11-17/h13-15H,4-12,16H2,1-3H3. The lowest BCUT2D eigenvalue weighted by Crippen LogP contribution is -2.45. The van der Waals surface area contributed by atoms with Crippen LogP contribution in [0.15, 0.2) is 0 Å². The number of likely N-dealkylation sites (tertiary alicyclic amines) is 1. The lowest BCUT2D eigenvalue weighted by Gasteiger charge is -2.34. The Hall–Kier alpha value is -0.0800. The normalized spacial score (nSPS) is 26.5. The predicted molar refractivity (Wildman–Crippen MR) is 76.1 cm³/mol. The fraction of sp³-hybridized carbons (Fsp3) is 1.00. The molecule has 102 valence electrons. The number of hydrogen-bond donors (Lipinski definition) is 1. The highest BCUT2D eigenvalue weighted by Gasteiger charge is 2.25. The summed E-state index contributed by atoms with van der Waals surface area (Å²) in [4.78, 5) is 2.68. The molecule has 17 heavy (non-hydrogen) atoms. The molecule has 0 aromatic rings. The third-order valence-corrected chi connectivity index (χ3v) is 4.57. The monoisotopic (exact) mass is 240 g/mol. The van der Waals surface area contributed by atoms with Gasteiger partial charge in [0.2, 0.25) is 0 Å². The molecule has 0 aliphatic carbocycles. The smallest absolute Gasteiger partial charge is 0.0243 e. The molecule has 2 N–H and O–H groups in total. The molecule has 2 heteroatoms. The summed E-state index contributed by atoms with van der Waals surface area (Å²) in [6.45, 7) is 10.4. The summed E-state index contributed by atoms with van der Waals surface area (Å²) in [5, 5.41) is 0. The second-order valence-electron chi connectivity index (χ2n) is 5.81. The van der Waals surface area contributed by atoms with E-state index in [-0.39, 0.29) is 0 Å². The van der Waals surface area contributed by atoms with Crippen molar-refractivity contribution in [3.63, 3.8) is 0 Å².